The fraction of sp³-hybridized carbons (Fsp3) is 0.391. The first kappa shape index (κ1) is 22.4. The highest BCUT2D eigenvalue weighted by molar-refractivity contribution is 7.89. The zero-order valence-electron chi connectivity index (χ0n) is 18.4. The number of aryl methyl sites for hydroxylation is 2. The molecule has 0 bridgehead atoms. The van der Waals surface area contributed by atoms with E-state index >= 15 is 0 Å². The van der Waals surface area contributed by atoms with Crippen LogP contribution >= 0.6 is 0 Å². The number of benzene rings is 2. The highest BCUT2D eigenvalue weighted by Gasteiger charge is 2.45. The van der Waals surface area contributed by atoms with Gasteiger partial charge in [-0.05, 0) is 49.2 Å². The molecule has 2 heterocycles. The minimum atomic E-state index is -3.61. The Kier molecular flexibility index (Phi) is 6.07. The molecule has 2 amide bonds. The van der Waals surface area contributed by atoms with E-state index < -0.39 is 16.1 Å². The van der Waals surface area contributed by atoms with Crippen molar-refractivity contribution in [1.82, 2.24) is 9.21 Å². The minimum Gasteiger partial charge on any atom is -0.495 e. The molecule has 0 aliphatic carbocycles. The molecule has 0 N–H and O–H groups in total. The first-order chi connectivity index (χ1) is 15.2. The summed E-state index contributed by atoms with van der Waals surface area (Å²) in [6, 6.07) is 11.5. The Bertz CT molecular complexity index is 1160. The van der Waals surface area contributed by atoms with Gasteiger partial charge in [0.15, 0.2) is 0 Å². The number of sulfonamides is 1. The molecule has 0 spiro atoms. The highest BCUT2D eigenvalue weighted by atomic mass is 32.2. The number of ether oxygens (including phenoxy) is 1. The van der Waals surface area contributed by atoms with E-state index in [1.165, 1.54) is 16.3 Å². The maximum absolute atomic E-state index is 13.1. The fourth-order valence-corrected chi connectivity index (χ4v) is 5.76. The molecule has 0 saturated carbocycles. The predicted octanol–water partition coefficient (Wildman–Crippen LogP) is 1.95. The summed E-state index contributed by atoms with van der Waals surface area (Å²) in [5.41, 5.74) is 2.40. The van der Waals surface area contributed by atoms with Gasteiger partial charge in [0.05, 0.1) is 30.2 Å². The van der Waals surface area contributed by atoms with Gasteiger partial charge in [-0.1, -0.05) is 18.2 Å². The number of imide groups is 1. The number of amides is 2. The number of hydrogen-bond acceptors (Lipinski definition) is 6. The number of rotatable bonds is 5. The lowest BCUT2D eigenvalue weighted by molar-refractivity contribution is -0.123. The predicted molar refractivity (Wildman–Crippen MR) is 120 cm³/mol. The van der Waals surface area contributed by atoms with Crippen molar-refractivity contribution >= 4 is 27.5 Å². The smallest absolute Gasteiger partial charge is 0.251 e. The van der Waals surface area contributed by atoms with Crippen LogP contribution in [0.2, 0.25) is 0 Å². The van der Waals surface area contributed by atoms with E-state index in [-0.39, 0.29) is 36.2 Å². The summed E-state index contributed by atoms with van der Waals surface area (Å²) in [4.78, 5) is 29.2. The van der Waals surface area contributed by atoms with E-state index in [2.05, 4.69) is 0 Å². The summed E-state index contributed by atoms with van der Waals surface area (Å²) < 4.78 is 32.9. The van der Waals surface area contributed by atoms with E-state index in [1.54, 1.807) is 36.4 Å². The quantitative estimate of drug-likeness (QED) is 0.638. The first-order valence-electron chi connectivity index (χ1n) is 10.6. The van der Waals surface area contributed by atoms with E-state index in [4.69, 9.17) is 4.74 Å². The molecule has 170 valence electrons. The van der Waals surface area contributed by atoms with Gasteiger partial charge in [0.25, 0.3) is 5.91 Å². The summed E-state index contributed by atoms with van der Waals surface area (Å²) in [5, 5.41) is 0. The molecule has 2 aliphatic rings. The highest BCUT2D eigenvalue weighted by Crippen LogP contribution is 2.33. The van der Waals surface area contributed by atoms with Gasteiger partial charge in [0.2, 0.25) is 15.9 Å². The van der Waals surface area contributed by atoms with E-state index in [1.807, 2.05) is 24.8 Å². The molecule has 0 aromatic heterocycles. The monoisotopic (exact) mass is 457 g/mol. The molecular formula is C23H27N3O5S. The Balaban J connectivity index is 1.47. The van der Waals surface area contributed by atoms with Crippen molar-refractivity contribution in [3.05, 3.63) is 53.6 Å². The van der Waals surface area contributed by atoms with Crippen molar-refractivity contribution in [1.29, 1.82) is 0 Å². The number of para-hydroxylation sites is 2. The molecular weight excluding hydrogens is 430 g/mol. The van der Waals surface area contributed by atoms with E-state index in [0.29, 0.717) is 24.5 Å². The maximum atomic E-state index is 13.1. The zero-order valence-corrected chi connectivity index (χ0v) is 19.3. The molecule has 4 rings (SSSR count). The average Bonchev–Trinajstić information content (AvgIpc) is 3.09. The van der Waals surface area contributed by atoms with Crippen molar-refractivity contribution < 1.29 is 22.7 Å². The lowest BCUT2D eigenvalue weighted by atomic mass is 10.1. The Morgan fingerprint density at radius 3 is 2.28 bits per heavy atom. The topological polar surface area (TPSA) is 87.2 Å². The van der Waals surface area contributed by atoms with Gasteiger partial charge in [0, 0.05) is 26.2 Å². The van der Waals surface area contributed by atoms with Crippen LogP contribution in [0.3, 0.4) is 0 Å². The van der Waals surface area contributed by atoms with Crippen LogP contribution in [0, 0.1) is 13.8 Å². The molecule has 8 nitrogen and oxygen atoms in total. The summed E-state index contributed by atoms with van der Waals surface area (Å²) in [6.07, 6.45) is 0.0702. The van der Waals surface area contributed by atoms with Crippen LogP contribution in [0.15, 0.2) is 47.4 Å². The number of carbonyl (C=O) groups is 2. The normalized spacial score (nSPS) is 20.7. The minimum absolute atomic E-state index is 0.0702. The van der Waals surface area contributed by atoms with E-state index in [0.717, 1.165) is 11.1 Å². The Morgan fingerprint density at radius 2 is 1.62 bits per heavy atom. The standard InChI is InChI=1S/C23H27N3O5S/c1-16-8-9-18(14-17(16)2)32(29,30)25-12-10-24(11-13-25)20-15-22(27)26(23(20)28)19-6-4-5-7-21(19)31-3/h4-9,14,20H,10-13,15H2,1-3H3/t20-/m0/s1. The van der Waals surface area contributed by atoms with Crippen LogP contribution < -0.4 is 9.64 Å². The third kappa shape index (κ3) is 3.92. The summed E-state index contributed by atoms with van der Waals surface area (Å²) in [6.45, 7) is 5.13. The maximum Gasteiger partial charge on any atom is 0.251 e. The number of carbonyl (C=O) groups excluding carboxylic acids is 2. The van der Waals surface area contributed by atoms with Gasteiger partial charge in [0.1, 0.15) is 5.75 Å². The van der Waals surface area contributed by atoms with Crippen molar-refractivity contribution in [2.24, 2.45) is 0 Å². The molecule has 2 fully saturated rings. The second-order valence-corrected chi connectivity index (χ2v) is 10.1. The van der Waals surface area contributed by atoms with Gasteiger partial charge in [-0.15, -0.1) is 0 Å². The van der Waals surface area contributed by atoms with Crippen LogP contribution in [-0.2, 0) is 19.6 Å². The molecule has 2 aromatic rings. The van der Waals surface area contributed by atoms with Crippen LogP contribution in [0.5, 0.6) is 5.75 Å². The molecule has 32 heavy (non-hydrogen) atoms. The average molecular weight is 458 g/mol. The van der Waals surface area contributed by atoms with Gasteiger partial charge < -0.3 is 4.74 Å². The lowest BCUT2D eigenvalue weighted by Crippen LogP contribution is -2.53. The fourth-order valence-electron chi connectivity index (χ4n) is 4.25. The summed E-state index contributed by atoms with van der Waals surface area (Å²) in [5.74, 6) is -0.126. The van der Waals surface area contributed by atoms with Gasteiger partial charge in [-0.3, -0.25) is 14.5 Å². The Morgan fingerprint density at radius 1 is 0.938 bits per heavy atom. The van der Waals surface area contributed by atoms with Crippen molar-refractivity contribution in [3.63, 3.8) is 0 Å². The molecule has 2 saturated heterocycles. The summed E-state index contributed by atoms with van der Waals surface area (Å²) >= 11 is 0. The Hall–Kier alpha value is -2.75. The third-order valence-electron chi connectivity index (χ3n) is 6.28. The number of nitrogens with zero attached hydrogens (tertiary/aromatic N) is 3. The van der Waals surface area contributed by atoms with Crippen molar-refractivity contribution in [3.8, 4) is 5.75 Å². The Labute approximate surface area is 188 Å². The SMILES string of the molecule is COc1ccccc1N1C(=O)C[C@H](N2CCN(S(=O)(=O)c3ccc(C)c(C)c3)CC2)C1=O. The molecule has 9 heteroatoms. The lowest BCUT2D eigenvalue weighted by Gasteiger charge is -2.36. The molecule has 1 atom stereocenters. The van der Waals surface area contributed by atoms with Gasteiger partial charge >= 0.3 is 0 Å². The van der Waals surface area contributed by atoms with Gasteiger partial charge in [-0.2, -0.15) is 4.31 Å². The second kappa shape index (κ2) is 8.65. The molecule has 0 unspecified atom stereocenters. The number of piperazine rings is 1. The molecule has 0 radical (unpaired) electrons. The number of hydrogen-bond donors (Lipinski definition) is 0. The molecule has 2 aromatic carbocycles. The number of anilines is 1. The third-order valence-corrected chi connectivity index (χ3v) is 8.17. The largest absolute Gasteiger partial charge is 0.495 e. The van der Waals surface area contributed by atoms with Crippen molar-refractivity contribution in [2.45, 2.75) is 31.2 Å². The van der Waals surface area contributed by atoms with Crippen LogP contribution in [0.1, 0.15) is 17.5 Å². The van der Waals surface area contributed by atoms with Gasteiger partial charge in [-0.25, -0.2) is 13.3 Å². The summed E-state index contributed by atoms with van der Waals surface area (Å²) in [7, 11) is -2.11. The van der Waals surface area contributed by atoms with Crippen LogP contribution in [-0.4, -0.2) is 68.8 Å². The van der Waals surface area contributed by atoms with E-state index in [9.17, 15) is 18.0 Å². The zero-order chi connectivity index (χ0) is 23.0. The number of methoxy groups -OCH3 is 1. The second-order valence-electron chi connectivity index (χ2n) is 8.15. The first-order valence-corrected chi connectivity index (χ1v) is 12.0. The van der Waals surface area contributed by atoms with Crippen LogP contribution in [0.25, 0.3) is 0 Å². The molecule has 2 aliphatic heterocycles. The van der Waals surface area contributed by atoms with Crippen molar-refractivity contribution in [2.75, 3.05) is 38.2 Å². The van der Waals surface area contributed by atoms with Crippen LogP contribution in [0.4, 0.5) is 5.69 Å².